The number of aromatic nitrogens is 2. The number of nitrogens with zero attached hydrogens (tertiary/aromatic N) is 2. The Morgan fingerprint density at radius 2 is 1.92 bits per heavy atom. The molecule has 0 aliphatic heterocycles. The van der Waals surface area contributed by atoms with Gasteiger partial charge in [0.2, 0.25) is 5.91 Å². The maximum Gasteiger partial charge on any atom is 0.221 e. The largest absolute Gasteiger partial charge is 0.355 e. The second-order valence-electron chi connectivity index (χ2n) is 5.47. The van der Waals surface area contributed by atoms with Crippen LogP contribution in [-0.4, -0.2) is 28.5 Å². The second-order valence-corrected chi connectivity index (χ2v) is 5.47. The number of hydrogen-bond donors (Lipinski definition) is 2. The first-order chi connectivity index (χ1) is 11.7. The van der Waals surface area contributed by atoms with Gasteiger partial charge >= 0.3 is 0 Å². The number of amides is 1. The highest BCUT2D eigenvalue weighted by Gasteiger charge is 2.13. The van der Waals surface area contributed by atoms with Gasteiger partial charge in [-0.2, -0.15) is 0 Å². The van der Waals surface area contributed by atoms with Crippen LogP contribution in [0, 0.1) is 5.82 Å². The maximum atomic E-state index is 13.2. The third kappa shape index (κ3) is 3.44. The van der Waals surface area contributed by atoms with Crippen LogP contribution >= 0.6 is 0 Å². The van der Waals surface area contributed by atoms with Gasteiger partial charge in [0, 0.05) is 31.6 Å². The monoisotopic (exact) mass is 326 g/mol. The quantitative estimate of drug-likeness (QED) is 0.730. The number of benzene rings is 2. The average molecular weight is 326 g/mol. The molecule has 2 aromatic carbocycles. The molecule has 24 heavy (non-hydrogen) atoms. The van der Waals surface area contributed by atoms with Crippen LogP contribution in [0.5, 0.6) is 0 Å². The van der Waals surface area contributed by atoms with Gasteiger partial charge in [-0.1, -0.05) is 12.1 Å². The predicted octanol–water partition coefficient (Wildman–Crippen LogP) is 2.31. The number of hydrogen-bond acceptors (Lipinski definition) is 3. The smallest absolute Gasteiger partial charge is 0.221 e. The van der Waals surface area contributed by atoms with E-state index in [-0.39, 0.29) is 11.7 Å². The molecule has 0 atom stereocenters. The van der Waals surface area contributed by atoms with Crippen molar-refractivity contribution in [3.63, 3.8) is 0 Å². The fourth-order valence-electron chi connectivity index (χ4n) is 2.63. The lowest BCUT2D eigenvalue weighted by molar-refractivity contribution is -0.121. The van der Waals surface area contributed by atoms with E-state index < -0.39 is 0 Å². The van der Waals surface area contributed by atoms with Crippen molar-refractivity contribution in [2.24, 2.45) is 5.73 Å². The van der Waals surface area contributed by atoms with Crippen LogP contribution in [0.2, 0.25) is 0 Å². The molecule has 0 aliphatic rings. The number of imidazole rings is 1. The molecule has 0 spiro atoms. The van der Waals surface area contributed by atoms with Gasteiger partial charge in [0.05, 0.1) is 11.0 Å². The highest BCUT2D eigenvalue weighted by atomic mass is 19.1. The van der Waals surface area contributed by atoms with Gasteiger partial charge in [0.25, 0.3) is 0 Å². The predicted molar refractivity (Wildman–Crippen MR) is 91.8 cm³/mol. The Hall–Kier alpha value is -2.73. The second kappa shape index (κ2) is 7.23. The molecule has 0 fully saturated rings. The van der Waals surface area contributed by atoms with E-state index in [0.29, 0.717) is 26.1 Å². The van der Waals surface area contributed by atoms with Gasteiger partial charge in [0.1, 0.15) is 11.6 Å². The SMILES string of the molecule is NCCNC(=O)CCn1c(-c2ccc(F)cc2)nc2ccccc21. The van der Waals surface area contributed by atoms with Crippen LogP contribution in [0.15, 0.2) is 48.5 Å². The molecule has 3 rings (SSSR count). The van der Waals surface area contributed by atoms with Crippen LogP contribution in [0.4, 0.5) is 4.39 Å². The Labute approximate surface area is 139 Å². The summed E-state index contributed by atoms with van der Waals surface area (Å²) in [6, 6.07) is 14.0. The van der Waals surface area contributed by atoms with E-state index in [9.17, 15) is 9.18 Å². The molecule has 0 unspecified atom stereocenters. The van der Waals surface area contributed by atoms with E-state index in [1.54, 1.807) is 12.1 Å². The first-order valence-electron chi connectivity index (χ1n) is 7.87. The van der Waals surface area contributed by atoms with E-state index in [0.717, 1.165) is 22.4 Å². The molecular weight excluding hydrogens is 307 g/mol. The molecule has 0 saturated heterocycles. The van der Waals surface area contributed by atoms with Gasteiger partial charge in [0.15, 0.2) is 0 Å². The lowest BCUT2D eigenvalue weighted by Gasteiger charge is -2.10. The zero-order valence-corrected chi connectivity index (χ0v) is 13.2. The summed E-state index contributed by atoms with van der Waals surface area (Å²) >= 11 is 0. The van der Waals surface area contributed by atoms with Crippen molar-refractivity contribution in [2.75, 3.05) is 13.1 Å². The maximum absolute atomic E-state index is 13.2. The molecule has 1 aromatic heterocycles. The highest BCUT2D eigenvalue weighted by molar-refractivity contribution is 5.81. The van der Waals surface area contributed by atoms with Crippen molar-refractivity contribution in [2.45, 2.75) is 13.0 Å². The topological polar surface area (TPSA) is 72.9 Å². The van der Waals surface area contributed by atoms with Crippen LogP contribution in [0.1, 0.15) is 6.42 Å². The molecule has 6 heteroatoms. The Bertz CT molecular complexity index is 842. The molecule has 0 aliphatic carbocycles. The van der Waals surface area contributed by atoms with Crippen molar-refractivity contribution in [3.05, 3.63) is 54.3 Å². The van der Waals surface area contributed by atoms with E-state index in [2.05, 4.69) is 10.3 Å². The normalized spacial score (nSPS) is 10.9. The van der Waals surface area contributed by atoms with Crippen LogP contribution < -0.4 is 11.1 Å². The van der Waals surface area contributed by atoms with Gasteiger partial charge in [-0.25, -0.2) is 9.37 Å². The molecular formula is C18H19FN4O. The minimum absolute atomic E-state index is 0.0525. The van der Waals surface area contributed by atoms with Crippen molar-refractivity contribution in [1.29, 1.82) is 0 Å². The van der Waals surface area contributed by atoms with E-state index >= 15 is 0 Å². The number of carbonyl (C=O) groups excluding carboxylic acids is 1. The summed E-state index contributed by atoms with van der Waals surface area (Å²) in [5, 5.41) is 2.76. The third-order valence-corrected chi connectivity index (χ3v) is 3.79. The van der Waals surface area contributed by atoms with Gasteiger partial charge < -0.3 is 15.6 Å². The zero-order chi connectivity index (χ0) is 16.9. The first kappa shape index (κ1) is 16.1. The number of carbonyl (C=O) groups is 1. The van der Waals surface area contributed by atoms with Gasteiger partial charge in [-0.15, -0.1) is 0 Å². The molecule has 1 amide bonds. The molecule has 3 aromatic rings. The molecule has 0 bridgehead atoms. The van der Waals surface area contributed by atoms with Gasteiger partial charge in [-0.3, -0.25) is 4.79 Å². The summed E-state index contributed by atoms with van der Waals surface area (Å²) in [6.45, 7) is 1.37. The molecule has 0 radical (unpaired) electrons. The number of nitrogens with two attached hydrogens (primary N) is 1. The van der Waals surface area contributed by atoms with E-state index in [1.807, 2.05) is 28.8 Å². The molecule has 5 nitrogen and oxygen atoms in total. The average Bonchev–Trinajstić information content (AvgIpc) is 2.97. The molecule has 1 heterocycles. The van der Waals surface area contributed by atoms with Crippen molar-refractivity contribution < 1.29 is 9.18 Å². The molecule has 3 N–H and O–H groups in total. The number of aryl methyl sites for hydroxylation is 1. The Morgan fingerprint density at radius 3 is 2.67 bits per heavy atom. The van der Waals surface area contributed by atoms with Crippen LogP contribution in [0.3, 0.4) is 0 Å². The number of fused-ring (bicyclic) bond motifs is 1. The van der Waals surface area contributed by atoms with Crippen molar-refractivity contribution in [3.8, 4) is 11.4 Å². The van der Waals surface area contributed by atoms with Crippen LogP contribution in [-0.2, 0) is 11.3 Å². The highest BCUT2D eigenvalue weighted by Crippen LogP contribution is 2.25. The summed E-state index contributed by atoms with van der Waals surface area (Å²) in [7, 11) is 0. The summed E-state index contributed by atoms with van der Waals surface area (Å²) in [5.41, 5.74) is 8.00. The van der Waals surface area contributed by atoms with E-state index in [1.165, 1.54) is 12.1 Å². The number of rotatable bonds is 6. The minimum Gasteiger partial charge on any atom is -0.355 e. The fraction of sp³-hybridized carbons (Fsp3) is 0.222. The lowest BCUT2D eigenvalue weighted by atomic mass is 10.2. The lowest BCUT2D eigenvalue weighted by Crippen LogP contribution is -2.29. The Morgan fingerprint density at radius 1 is 1.17 bits per heavy atom. The summed E-state index contributed by atoms with van der Waals surface area (Å²) in [4.78, 5) is 16.5. The van der Waals surface area contributed by atoms with Crippen molar-refractivity contribution >= 4 is 16.9 Å². The fourth-order valence-corrected chi connectivity index (χ4v) is 2.63. The van der Waals surface area contributed by atoms with E-state index in [4.69, 9.17) is 5.73 Å². The Balaban J connectivity index is 1.93. The van der Waals surface area contributed by atoms with Gasteiger partial charge in [-0.05, 0) is 36.4 Å². The summed E-state index contributed by atoms with van der Waals surface area (Å²) < 4.78 is 15.2. The Kier molecular flexibility index (Phi) is 4.86. The first-order valence-corrected chi connectivity index (χ1v) is 7.87. The molecule has 0 saturated carbocycles. The van der Waals surface area contributed by atoms with Crippen LogP contribution in [0.25, 0.3) is 22.4 Å². The number of para-hydroxylation sites is 2. The summed E-state index contributed by atoms with van der Waals surface area (Å²) in [6.07, 6.45) is 0.328. The standard InChI is InChI=1S/C18H19FN4O/c19-14-7-5-13(6-8-14)18-22-15-3-1-2-4-16(15)23(18)12-9-17(24)21-11-10-20/h1-8H,9-12,20H2,(H,21,24). The minimum atomic E-state index is -0.289. The summed E-state index contributed by atoms with van der Waals surface area (Å²) in [5.74, 6) is 0.383. The number of halogens is 1. The zero-order valence-electron chi connectivity index (χ0n) is 13.2. The van der Waals surface area contributed by atoms with Crippen molar-refractivity contribution in [1.82, 2.24) is 14.9 Å². The molecule has 124 valence electrons. The third-order valence-electron chi connectivity index (χ3n) is 3.79. The number of nitrogens with one attached hydrogen (secondary N) is 1.